The Balaban J connectivity index is 1.54. The van der Waals surface area contributed by atoms with Gasteiger partial charge in [0.2, 0.25) is 5.82 Å². The summed E-state index contributed by atoms with van der Waals surface area (Å²) in [5, 5.41) is 14.2. The molecule has 1 atom stereocenters. The molecular formula is C22H25N6O+. The number of nitrogens with one attached hydrogen (secondary N) is 2. The standard InChI is InChI=1S/C22H24N6O/c23-20(15-8-10-18(11-9-15)29-17-6-2-1-3-7-17)19-21(24)26-14-27-22(19)28-16-5-4-12-25-13-16/h1-3,6-11,14,16,23,25H,4-5,12-13H2,(H3,24,26,27,28)/p+1. The molecule has 0 amide bonds. The van der Waals surface area contributed by atoms with Gasteiger partial charge >= 0.3 is 0 Å². The number of rotatable bonds is 6. The van der Waals surface area contributed by atoms with Gasteiger partial charge in [-0.15, -0.1) is 0 Å². The molecule has 1 aromatic heterocycles. The Bertz CT molecular complexity index is 968. The zero-order valence-corrected chi connectivity index (χ0v) is 16.1. The second-order valence-electron chi connectivity index (χ2n) is 7.11. The molecular weight excluding hydrogens is 364 g/mol. The lowest BCUT2D eigenvalue weighted by Gasteiger charge is -2.21. The maximum absolute atomic E-state index is 8.72. The predicted octanol–water partition coefficient (Wildman–Crippen LogP) is 2.21. The fraction of sp³-hybridized carbons (Fsp3) is 0.227. The first kappa shape index (κ1) is 19.0. The average molecular weight is 389 g/mol. The lowest BCUT2D eigenvalue weighted by atomic mass is 10.0. The number of ether oxygens (including phenoxy) is 1. The second-order valence-corrected chi connectivity index (χ2v) is 7.11. The number of nitrogens with two attached hydrogens (primary N) is 2. The summed E-state index contributed by atoms with van der Waals surface area (Å²) in [5.41, 5.74) is 7.77. The van der Waals surface area contributed by atoms with Crippen molar-refractivity contribution in [2.24, 2.45) is 0 Å². The highest BCUT2D eigenvalue weighted by molar-refractivity contribution is 6.15. The third-order valence-electron chi connectivity index (χ3n) is 5.01. The predicted molar refractivity (Wildman–Crippen MR) is 113 cm³/mol. The van der Waals surface area contributed by atoms with Crippen molar-refractivity contribution in [3.05, 3.63) is 72.1 Å². The van der Waals surface area contributed by atoms with Crippen molar-refractivity contribution in [2.75, 3.05) is 18.8 Å². The minimum atomic E-state index is 0.310. The highest BCUT2D eigenvalue weighted by Gasteiger charge is 2.24. The second kappa shape index (κ2) is 8.81. The minimum Gasteiger partial charge on any atom is -0.457 e. The quantitative estimate of drug-likeness (QED) is 0.483. The summed E-state index contributed by atoms with van der Waals surface area (Å²) in [6, 6.07) is 17.4. The van der Waals surface area contributed by atoms with Gasteiger partial charge in [0.05, 0.1) is 5.71 Å². The van der Waals surface area contributed by atoms with Crippen molar-refractivity contribution < 1.29 is 10.1 Å². The molecule has 7 nitrogen and oxygen atoms in total. The maximum atomic E-state index is 8.72. The molecule has 1 fully saturated rings. The molecule has 4 rings (SSSR count). The van der Waals surface area contributed by atoms with Gasteiger partial charge in [0.15, 0.2) is 0 Å². The van der Waals surface area contributed by atoms with Gasteiger partial charge in [0.1, 0.15) is 35.2 Å². The van der Waals surface area contributed by atoms with Gasteiger partial charge in [-0.25, -0.2) is 4.98 Å². The van der Waals surface area contributed by atoms with Crippen LogP contribution in [0.1, 0.15) is 24.0 Å². The molecule has 1 unspecified atom stereocenters. The number of para-hydroxylation sites is 1. The minimum absolute atomic E-state index is 0.310. The van der Waals surface area contributed by atoms with Crippen LogP contribution < -0.4 is 21.1 Å². The molecule has 0 radical (unpaired) electrons. The molecule has 0 aliphatic carbocycles. The van der Waals surface area contributed by atoms with E-state index in [4.69, 9.17) is 15.9 Å². The van der Waals surface area contributed by atoms with E-state index >= 15 is 0 Å². The van der Waals surface area contributed by atoms with Gasteiger partial charge in [0, 0.05) is 18.5 Å². The largest absolute Gasteiger partial charge is 0.457 e. The first-order valence-corrected chi connectivity index (χ1v) is 9.79. The van der Waals surface area contributed by atoms with Crippen molar-refractivity contribution in [3.63, 3.8) is 0 Å². The van der Waals surface area contributed by atoms with Crippen LogP contribution >= 0.6 is 0 Å². The molecule has 1 aliphatic rings. The van der Waals surface area contributed by atoms with Gasteiger partial charge in [-0.3, -0.25) is 10.7 Å². The van der Waals surface area contributed by atoms with E-state index in [1.54, 1.807) is 0 Å². The van der Waals surface area contributed by atoms with Crippen molar-refractivity contribution in [1.82, 2.24) is 15.3 Å². The summed E-state index contributed by atoms with van der Waals surface area (Å²) in [5.74, 6) is 2.53. The summed E-state index contributed by atoms with van der Waals surface area (Å²) < 4.78 is 5.83. The Kier molecular flexibility index (Phi) is 5.79. The van der Waals surface area contributed by atoms with E-state index in [-0.39, 0.29) is 0 Å². The highest BCUT2D eigenvalue weighted by atomic mass is 16.5. The van der Waals surface area contributed by atoms with Gasteiger partial charge in [0.25, 0.3) is 0 Å². The van der Waals surface area contributed by atoms with Gasteiger partial charge in [-0.2, -0.15) is 4.98 Å². The van der Waals surface area contributed by atoms with Crippen molar-refractivity contribution in [2.45, 2.75) is 18.9 Å². The van der Waals surface area contributed by atoms with E-state index < -0.39 is 0 Å². The molecule has 1 aliphatic heterocycles. The highest BCUT2D eigenvalue weighted by Crippen LogP contribution is 2.24. The topological polar surface area (TPSA) is 114 Å². The van der Waals surface area contributed by atoms with Crippen LogP contribution in [0.5, 0.6) is 11.5 Å². The average Bonchev–Trinajstić information content (AvgIpc) is 2.75. The monoisotopic (exact) mass is 389 g/mol. The van der Waals surface area contributed by atoms with Crippen molar-refractivity contribution >= 4 is 17.3 Å². The summed E-state index contributed by atoms with van der Waals surface area (Å²) in [4.78, 5) is 8.53. The number of anilines is 1. The Hall–Kier alpha value is -3.29. The normalized spacial score (nSPS) is 16.3. The molecule has 7 heteroatoms. The fourth-order valence-electron chi connectivity index (χ4n) is 3.50. The molecule has 29 heavy (non-hydrogen) atoms. The fourth-order valence-corrected chi connectivity index (χ4v) is 3.50. The first-order chi connectivity index (χ1) is 14.2. The van der Waals surface area contributed by atoms with Crippen molar-refractivity contribution in [1.29, 1.82) is 5.41 Å². The smallest absolute Gasteiger partial charge is 0.239 e. The van der Waals surface area contributed by atoms with Crippen LogP contribution in [0.15, 0.2) is 60.9 Å². The molecule has 6 N–H and O–H groups in total. The Morgan fingerprint density at radius 1 is 1.07 bits per heavy atom. The summed E-state index contributed by atoms with van der Waals surface area (Å²) in [6.07, 6.45) is 3.71. The van der Waals surface area contributed by atoms with E-state index in [1.165, 1.54) is 6.33 Å². The molecule has 2 aromatic carbocycles. The Morgan fingerprint density at radius 2 is 1.83 bits per heavy atom. The van der Waals surface area contributed by atoms with Crippen LogP contribution in [0, 0.1) is 5.41 Å². The maximum Gasteiger partial charge on any atom is 0.239 e. The molecule has 0 bridgehead atoms. The zero-order chi connectivity index (χ0) is 20.1. The number of hydrogen-bond donors (Lipinski definition) is 4. The van der Waals surface area contributed by atoms with Gasteiger partial charge in [-0.05, 0) is 49.4 Å². The van der Waals surface area contributed by atoms with Crippen LogP contribution in [-0.4, -0.2) is 34.8 Å². The van der Waals surface area contributed by atoms with E-state index in [0.29, 0.717) is 28.9 Å². The van der Waals surface area contributed by atoms with Crippen LogP contribution in [0.4, 0.5) is 11.6 Å². The molecule has 0 saturated carbocycles. The summed E-state index contributed by atoms with van der Waals surface area (Å²) in [6.45, 7) is 1.97. The third kappa shape index (κ3) is 4.59. The van der Waals surface area contributed by atoms with E-state index in [2.05, 4.69) is 20.6 Å². The Labute approximate surface area is 169 Å². The molecule has 3 aromatic rings. The SMILES string of the molecule is N=C(c1ccc(Oc2ccccc2)cc1)c1c(N)ncnc1[NH2+]C1CCCNC1. The number of nitrogens with zero attached hydrogens (tertiary/aromatic N) is 2. The van der Waals surface area contributed by atoms with Crippen LogP contribution in [0.2, 0.25) is 0 Å². The zero-order valence-electron chi connectivity index (χ0n) is 16.1. The first-order valence-electron chi connectivity index (χ1n) is 9.79. The summed E-state index contributed by atoms with van der Waals surface area (Å²) >= 11 is 0. The van der Waals surface area contributed by atoms with Gasteiger partial charge in [-0.1, -0.05) is 18.2 Å². The van der Waals surface area contributed by atoms with E-state index in [1.807, 2.05) is 54.6 Å². The van der Waals surface area contributed by atoms with Crippen LogP contribution in [-0.2, 0) is 0 Å². The number of nitrogen functional groups attached to an aromatic ring is 1. The van der Waals surface area contributed by atoms with E-state index in [9.17, 15) is 0 Å². The number of piperidine rings is 1. The van der Waals surface area contributed by atoms with Crippen LogP contribution in [0.3, 0.4) is 0 Å². The van der Waals surface area contributed by atoms with Gasteiger partial charge < -0.3 is 15.8 Å². The molecule has 0 spiro atoms. The van der Waals surface area contributed by atoms with Crippen LogP contribution in [0.25, 0.3) is 0 Å². The summed E-state index contributed by atoms with van der Waals surface area (Å²) in [7, 11) is 0. The lowest BCUT2D eigenvalue weighted by molar-refractivity contribution is -0.614. The molecule has 148 valence electrons. The third-order valence-corrected chi connectivity index (χ3v) is 5.01. The number of quaternary nitrogens is 1. The van der Waals surface area contributed by atoms with Crippen molar-refractivity contribution in [3.8, 4) is 11.5 Å². The Morgan fingerprint density at radius 3 is 2.55 bits per heavy atom. The number of aromatic nitrogens is 2. The molecule has 1 saturated heterocycles. The molecule has 2 heterocycles. The van der Waals surface area contributed by atoms with E-state index in [0.717, 1.165) is 43.1 Å². The number of benzene rings is 2. The lowest BCUT2D eigenvalue weighted by Crippen LogP contribution is -2.87. The number of hydrogen-bond acceptors (Lipinski definition) is 6.